The minimum Gasteiger partial charge on any atom is -0.480 e. The van der Waals surface area contributed by atoms with E-state index in [0.717, 1.165) is 18.4 Å². The zero-order chi connectivity index (χ0) is 15.5. The Morgan fingerprint density at radius 3 is 2.48 bits per heavy atom. The van der Waals surface area contributed by atoms with Gasteiger partial charge in [-0.2, -0.15) is 0 Å². The first kappa shape index (κ1) is 16.1. The average molecular weight is 330 g/mol. The number of benzene rings is 1. The molecule has 1 aromatic rings. The molecule has 0 unspecified atom stereocenters. The molecule has 1 amide bonds. The molecule has 0 aromatic heterocycles. The van der Waals surface area contributed by atoms with Gasteiger partial charge in [0, 0.05) is 16.5 Å². The highest BCUT2D eigenvalue weighted by Crippen LogP contribution is 2.30. The van der Waals surface area contributed by atoms with Crippen LogP contribution in [0, 0.1) is 0 Å². The number of hydrogen-bond acceptors (Lipinski definition) is 2. The van der Waals surface area contributed by atoms with E-state index in [0.29, 0.717) is 29.3 Å². The second-order valence-electron chi connectivity index (χ2n) is 5.38. The van der Waals surface area contributed by atoms with Gasteiger partial charge in [-0.15, -0.1) is 0 Å². The molecule has 114 valence electrons. The van der Waals surface area contributed by atoms with E-state index in [-0.39, 0.29) is 12.3 Å². The summed E-state index contributed by atoms with van der Waals surface area (Å²) in [6.07, 6.45) is 3.31. The first-order valence-corrected chi connectivity index (χ1v) is 7.67. The number of carbonyl (C=O) groups is 2. The summed E-state index contributed by atoms with van der Waals surface area (Å²) < 4.78 is 0. The Hall–Kier alpha value is -1.26. The summed E-state index contributed by atoms with van der Waals surface area (Å²) in [5.74, 6) is -1.21. The predicted octanol–water partition coefficient (Wildman–Crippen LogP) is 3.44. The van der Waals surface area contributed by atoms with Gasteiger partial charge in [-0.25, -0.2) is 4.79 Å². The lowest BCUT2D eigenvalue weighted by atomic mass is 9.97. The molecule has 0 aliphatic heterocycles. The van der Waals surface area contributed by atoms with E-state index < -0.39 is 11.5 Å². The minimum absolute atomic E-state index is 0.205. The zero-order valence-corrected chi connectivity index (χ0v) is 13.0. The van der Waals surface area contributed by atoms with Crippen molar-refractivity contribution < 1.29 is 14.7 Å². The molecule has 1 aliphatic carbocycles. The van der Waals surface area contributed by atoms with Gasteiger partial charge in [0.15, 0.2) is 0 Å². The third-order valence-electron chi connectivity index (χ3n) is 3.88. The van der Waals surface area contributed by atoms with Crippen LogP contribution in [0.1, 0.15) is 37.7 Å². The largest absolute Gasteiger partial charge is 0.480 e. The maximum Gasteiger partial charge on any atom is 0.329 e. The molecule has 2 rings (SSSR count). The van der Waals surface area contributed by atoms with Crippen molar-refractivity contribution in [2.45, 2.75) is 44.1 Å². The number of hydrogen-bond donors (Lipinski definition) is 2. The van der Waals surface area contributed by atoms with Crippen LogP contribution in [0.5, 0.6) is 0 Å². The molecule has 0 bridgehead atoms. The molecule has 1 aromatic carbocycles. The van der Waals surface area contributed by atoms with Gasteiger partial charge in [0.25, 0.3) is 0 Å². The average Bonchev–Trinajstić information content (AvgIpc) is 2.87. The summed E-state index contributed by atoms with van der Waals surface area (Å²) in [6, 6.07) is 5.13. The van der Waals surface area contributed by atoms with Crippen LogP contribution in [0.3, 0.4) is 0 Å². The maximum atomic E-state index is 12.0. The Morgan fingerprint density at radius 1 is 1.24 bits per heavy atom. The molecule has 0 spiro atoms. The van der Waals surface area contributed by atoms with Crippen molar-refractivity contribution in [2.24, 2.45) is 0 Å². The van der Waals surface area contributed by atoms with Crippen LogP contribution in [-0.4, -0.2) is 22.5 Å². The Balaban J connectivity index is 1.94. The number of carboxylic acid groups (broad SMARTS) is 1. The van der Waals surface area contributed by atoms with Gasteiger partial charge in [-0.05, 0) is 37.0 Å². The molecule has 1 fully saturated rings. The summed E-state index contributed by atoms with van der Waals surface area (Å²) >= 11 is 11.9. The number of nitrogens with one attached hydrogen (secondary N) is 1. The van der Waals surface area contributed by atoms with Crippen LogP contribution in [-0.2, 0) is 16.0 Å². The van der Waals surface area contributed by atoms with E-state index in [1.807, 2.05) is 0 Å². The third kappa shape index (κ3) is 3.89. The molecule has 6 heteroatoms. The van der Waals surface area contributed by atoms with E-state index in [4.69, 9.17) is 23.2 Å². The summed E-state index contributed by atoms with van der Waals surface area (Å²) in [7, 11) is 0. The number of aryl methyl sites for hydroxylation is 1. The molecule has 0 saturated heterocycles. The standard InChI is InChI=1S/C15H17Cl2NO3/c16-11-5-3-10(12(17)9-11)4-6-13(19)18-15(14(20)21)7-1-2-8-15/h3,5,9H,1-2,4,6-8H2,(H,18,19)(H,20,21). The monoisotopic (exact) mass is 329 g/mol. The van der Waals surface area contributed by atoms with Crippen LogP contribution >= 0.6 is 23.2 Å². The highest BCUT2D eigenvalue weighted by atomic mass is 35.5. The van der Waals surface area contributed by atoms with Gasteiger partial charge in [0.2, 0.25) is 5.91 Å². The van der Waals surface area contributed by atoms with Crippen molar-refractivity contribution in [1.82, 2.24) is 5.32 Å². The molecule has 0 heterocycles. The Bertz CT molecular complexity index is 554. The van der Waals surface area contributed by atoms with Gasteiger partial charge < -0.3 is 10.4 Å². The number of carboxylic acids is 1. The Morgan fingerprint density at radius 2 is 1.90 bits per heavy atom. The van der Waals surface area contributed by atoms with Crippen molar-refractivity contribution in [3.05, 3.63) is 33.8 Å². The van der Waals surface area contributed by atoms with Crippen LogP contribution in [0.2, 0.25) is 10.0 Å². The van der Waals surface area contributed by atoms with Crippen LogP contribution in [0.15, 0.2) is 18.2 Å². The third-order valence-corrected chi connectivity index (χ3v) is 4.47. The molecule has 0 atom stereocenters. The van der Waals surface area contributed by atoms with Crippen LogP contribution in [0.4, 0.5) is 0 Å². The number of rotatable bonds is 5. The lowest BCUT2D eigenvalue weighted by molar-refractivity contribution is -0.147. The van der Waals surface area contributed by atoms with E-state index >= 15 is 0 Å². The first-order chi connectivity index (χ1) is 9.93. The van der Waals surface area contributed by atoms with Crippen molar-refractivity contribution >= 4 is 35.1 Å². The minimum atomic E-state index is -1.08. The smallest absolute Gasteiger partial charge is 0.329 e. The summed E-state index contributed by atoms with van der Waals surface area (Å²) in [5, 5.41) is 13.1. The number of halogens is 2. The SMILES string of the molecule is O=C(CCc1ccc(Cl)cc1Cl)NC1(C(=O)O)CCCC1. The second-order valence-corrected chi connectivity index (χ2v) is 6.22. The van der Waals surface area contributed by atoms with E-state index in [2.05, 4.69) is 5.32 Å². The van der Waals surface area contributed by atoms with Crippen molar-refractivity contribution in [3.63, 3.8) is 0 Å². The summed E-state index contributed by atoms with van der Waals surface area (Å²) in [5.41, 5.74) is -0.257. The van der Waals surface area contributed by atoms with E-state index in [9.17, 15) is 14.7 Å². The fourth-order valence-corrected chi connectivity index (χ4v) is 3.18. The fourth-order valence-electron chi connectivity index (χ4n) is 2.67. The highest BCUT2D eigenvalue weighted by molar-refractivity contribution is 6.35. The van der Waals surface area contributed by atoms with Gasteiger partial charge in [-0.3, -0.25) is 4.79 Å². The predicted molar refractivity (Wildman–Crippen MR) is 81.8 cm³/mol. The molecular formula is C15H17Cl2NO3. The summed E-state index contributed by atoms with van der Waals surface area (Å²) in [4.78, 5) is 23.4. The molecular weight excluding hydrogens is 313 g/mol. The number of carbonyl (C=O) groups excluding carboxylic acids is 1. The lowest BCUT2D eigenvalue weighted by Gasteiger charge is -2.25. The molecule has 2 N–H and O–H groups in total. The summed E-state index contributed by atoms with van der Waals surface area (Å²) in [6.45, 7) is 0. The van der Waals surface area contributed by atoms with Gasteiger partial charge >= 0.3 is 5.97 Å². The Kier molecular flexibility index (Phi) is 5.12. The number of aliphatic carboxylic acids is 1. The quantitative estimate of drug-likeness (QED) is 0.869. The van der Waals surface area contributed by atoms with Crippen molar-refractivity contribution in [2.75, 3.05) is 0 Å². The molecule has 1 saturated carbocycles. The molecule has 21 heavy (non-hydrogen) atoms. The first-order valence-electron chi connectivity index (χ1n) is 6.91. The van der Waals surface area contributed by atoms with Crippen LogP contribution < -0.4 is 5.32 Å². The lowest BCUT2D eigenvalue weighted by Crippen LogP contribution is -2.52. The molecule has 1 aliphatic rings. The molecule has 4 nitrogen and oxygen atoms in total. The fraction of sp³-hybridized carbons (Fsp3) is 0.467. The second kappa shape index (κ2) is 6.67. The number of amides is 1. The van der Waals surface area contributed by atoms with Gasteiger partial charge in [0.05, 0.1) is 0 Å². The van der Waals surface area contributed by atoms with E-state index in [1.165, 1.54) is 0 Å². The highest BCUT2D eigenvalue weighted by Gasteiger charge is 2.42. The normalized spacial score (nSPS) is 16.7. The molecule has 0 radical (unpaired) electrons. The van der Waals surface area contributed by atoms with Gasteiger partial charge in [0.1, 0.15) is 5.54 Å². The van der Waals surface area contributed by atoms with E-state index in [1.54, 1.807) is 18.2 Å². The van der Waals surface area contributed by atoms with Crippen molar-refractivity contribution in [3.8, 4) is 0 Å². The van der Waals surface area contributed by atoms with Crippen molar-refractivity contribution in [1.29, 1.82) is 0 Å². The van der Waals surface area contributed by atoms with Crippen LogP contribution in [0.25, 0.3) is 0 Å². The topological polar surface area (TPSA) is 66.4 Å². The Labute approximate surface area is 133 Å². The maximum absolute atomic E-state index is 12.0. The van der Waals surface area contributed by atoms with Gasteiger partial charge in [-0.1, -0.05) is 42.1 Å². The zero-order valence-electron chi connectivity index (χ0n) is 11.5.